The first kappa shape index (κ1) is 24.6. The predicted octanol–water partition coefficient (Wildman–Crippen LogP) is -0.635. The molecule has 3 heterocycles. The maximum atomic E-state index is 10.6. The van der Waals surface area contributed by atoms with Crippen LogP contribution in [-0.4, -0.2) is 44.8 Å². The van der Waals surface area contributed by atoms with Gasteiger partial charge in [0.2, 0.25) is 0 Å². The molecule has 0 spiro atoms. The fourth-order valence-corrected chi connectivity index (χ4v) is 1.49. The topological polar surface area (TPSA) is 165 Å². The fraction of sp³-hybridized carbons (Fsp3) is 0.200. The SMILES string of the molecule is Cc1nccn(O)c1=O.Cc1nccn(O)c1=O.Cc1nccn(O)c1=O.[Fe+3]. The Kier molecular flexibility index (Phi) is 9.92. The van der Waals surface area contributed by atoms with Crippen molar-refractivity contribution in [2.75, 3.05) is 0 Å². The van der Waals surface area contributed by atoms with Crippen molar-refractivity contribution in [3.05, 3.63) is 85.3 Å². The van der Waals surface area contributed by atoms with Crippen LogP contribution in [0, 0.1) is 20.8 Å². The van der Waals surface area contributed by atoms with Gasteiger partial charge in [-0.25, -0.2) is 0 Å². The quantitative estimate of drug-likeness (QED) is 0.308. The van der Waals surface area contributed by atoms with E-state index in [2.05, 4.69) is 15.0 Å². The van der Waals surface area contributed by atoms with E-state index < -0.39 is 16.7 Å². The molecule has 0 saturated carbocycles. The molecule has 3 rings (SSSR count). The van der Waals surface area contributed by atoms with Crippen LogP contribution in [0.4, 0.5) is 0 Å². The molecule has 0 aliphatic rings. The normalized spacial score (nSPS) is 9.11. The minimum absolute atomic E-state index is 0. The summed E-state index contributed by atoms with van der Waals surface area (Å²) in [4.78, 5) is 42.8. The van der Waals surface area contributed by atoms with Gasteiger partial charge >= 0.3 is 33.7 Å². The molecule has 0 atom stereocenters. The zero-order valence-electron chi connectivity index (χ0n) is 15.1. The second kappa shape index (κ2) is 11.3. The van der Waals surface area contributed by atoms with Gasteiger partial charge in [0.15, 0.2) is 0 Å². The monoisotopic (exact) mass is 434 g/mol. The molecule has 0 aliphatic heterocycles. The molecule has 0 amide bonds. The summed E-state index contributed by atoms with van der Waals surface area (Å²) in [6.07, 6.45) is 7.64. The molecule has 0 bridgehead atoms. The van der Waals surface area contributed by atoms with E-state index in [0.717, 1.165) is 0 Å². The third-order valence-electron chi connectivity index (χ3n) is 2.98. The summed E-state index contributed by atoms with van der Waals surface area (Å²) in [6.45, 7) is 4.61. The largest absolute Gasteiger partial charge is 3.00 e. The molecule has 0 fully saturated rings. The molecule has 0 aliphatic carbocycles. The number of nitrogens with zero attached hydrogens (tertiary/aromatic N) is 6. The van der Waals surface area contributed by atoms with Crippen molar-refractivity contribution >= 4 is 0 Å². The zero-order chi connectivity index (χ0) is 20.6. The maximum absolute atomic E-state index is 10.6. The number of aryl methyl sites for hydroxylation is 3. The van der Waals surface area contributed by atoms with Crippen LogP contribution in [0.25, 0.3) is 0 Å². The van der Waals surface area contributed by atoms with Crippen LogP contribution in [0.15, 0.2) is 51.6 Å². The Labute approximate surface area is 168 Å². The van der Waals surface area contributed by atoms with E-state index in [-0.39, 0.29) is 17.1 Å². The van der Waals surface area contributed by atoms with Crippen LogP contribution in [0.2, 0.25) is 0 Å². The Morgan fingerprint density at radius 3 is 0.964 bits per heavy atom. The molecule has 1 radical (unpaired) electrons. The molecule has 149 valence electrons. The van der Waals surface area contributed by atoms with Crippen LogP contribution >= 0.6 is 0 Å². The molecule has 0 saturated heterocycles. The standard InChI is InChI=1S/3C5H6N2O2.Fe/c3*1-4-5(8)7(9)3-2-6-4;/h3*2-3,9H,1H3;/q;;;+3. The first-order valence-corrected chi connectivity index (χ1v) is 7.35. The summed E-state index contributed by atoms with van der Waals surface area (Å²) in [7, 11) is 0. The van der Waals surface area contributed by atoms with E-state index >= 15 is 0 Å². The van der Waals surface area contributed by atoms with Crippen LogP contribution in [0.3, 0.4) is 0 Å². The zero-order valence-corrected chi connectivity index (χ0v) is 16.2. The second-order valence-corrected chi connectivity index (χ2v) is 4.99. The van der Waals surface area contributed by atoms with Crippen LogP contribution in [-0.2, 0) is 17.1 Å². The van der Waals surface area contributed by atoms with Gasteiger partial charge < -0.3 is 15.6 Å². The number of hydrogen-bond acceptors (Lipinski definition) is 9. The fourth-order valence-electron chi connectivity index (χ4n) is 1.49. The summed E-state index contributed by atoms with van der Waals surface area (Å²) >= 11 is 0. The van der Waals surface area contributed by atoms with Gasteiger partial charge in [-0.05, 0) is 20.8 Å². The van der Waals surface area contributed by atoms with Crippen molar-refractivity contribution in [3.8, 4) is 0 Å². The molecule has 3 aromatic heterocycles. The van der Waals surface area contributed by atoms with Gasteiger partial charge in [0, 0.05) is 18.6 Å². The van der Waals surface area contributed by atoms with E-state index in [9.17, 15) is 14.4 Å². The summed E-state index contributed by atoms with van der Waals surface area (Å²) in [5.74, 6) is 0. The Hall–Kier alpha value is -3.44. The molecule has 13 heteroatoms. The summed E-state index contributed by atoms with van der Waals surface area (Å²) in [6, 6.07) is 0. The maximum Gasteiger partial charge on any atom is 3.00 e. The van der Waals surface area contributed by atoms with E-state index in [1.54, 1.807) is 0 Å². The summed E-state index contributed by atoms with van der Waals surface area (Å²) in [5, 5.41) is 26.0. The number of aromatic nitrogens is 6. The van der Waals surface area contributed by atoms with Crippen LogP contribution < -0.4 is 16.7 Å². The Bertz CT molecular complexity index is 871. The third kappa shape index (κ3) is 7.05. The Morgan fingerprint density at radius 1 is 0.607 bits per heavy atom. The molecule has 12 nitrogen and oxygen atoms in total. The van der Waals surface area contributed by atoms with E-state index in [1.807, 2.05) is 0 Å². The average Bonchev–Trinajstić information content (AvgIpc) is 2.63. The summed E-state index contributed by atoms with van der Waals surface area (Å²) < 4.78 is 1.51. The van der Waals surface area contributed by atoms with Crippen molar-refractivity contribution in [3.63, 3.8) is 0 Å². The molecule has 0 aromatic carbocycles. The number of hydrogen-bond donors (Lipinski definition) is 3. The molecular weight excluding hydrogens is 416 g/mol. The van der Waals surface area contributed by atoms with Crippen LogP contribution in [0.1, 0.15) is 17.1 Å². The molecule has 0 unspecified atom stereocenters. The minimum Gasteiger partial charge on any atom is -0.425 e. The summed E-state index contributed by atoms with van der Waals surface area (Å²) in [5.41, 5.74) is -0.549. The predicted molar refractivity (Wildman–Crippen MR) is 91.3 cm³/mol. The van der Waals surface area contributed by atoms with Crippen molar-refractivity contribution in [2.24, 2.45) is 0 Å². The van der Waals surface area contributed by atoms with Gasteiger partial charge in [-0.3, -0.25) is 29.3 Å². The van der Waals surface area contributed by atoms with Gasteiger partial charge in [-0.1, -0.05) is 0 Å². The third-order valence-corrected chi connectivity index (χ3v) is 2.98. The van der Waals surface area contributed by atoms with Crippen molar-refractivity contribution in [1.29, 1.82) is 0 Å². The van der Waals surface area contributed by atoms with Crippen molar-refractivity contribution in [1.82, 2.24) is 29.1 Å². The molecular formula is C15H18FeN6O6+3. The van der Waals surface area contributed by atoms with E-state index in [1.165, 1.54) is 58.0 Å². The van der Waals surface area contributed by atoms with Gasteiger partial charge in [0.25, 0.3) is 0 Å². The second-order valence-electron chi connectivity index (χ2n) is 4.99. The van der Waals surface area contributed by atoms with Crippen molar-refractivity contribution in [2.45, 2.75) is 20.8 Å². The average molecular weight is 434 g/mol. The van der Waals surface area contributed by atoms with Crippen LogP contribution in [0.5, 0.6) is 0 Å². The Balaban J connectivity index is 0.000000384. The van der Waals surface area contributed by atoms with Gasteiger partial charge in [-0.15, -0.1) is 0 Å². The minimum atomic E-state index is -0.475. The first-order valence-electron chi connectivity index (χ1n) is 7.35. The molecule has 3 N–H and O–H groups in total. The number of rotatable bonds is 0. The first-order chi connectivity index (χ1) is 12.6. The molecule has 3 aromatic rings. The molecule has 28 heavy (non-hydrogen) atoms. The van der Waals surface area contributed by atoms with E-state index in [4.69, 9.17) is 15.6 Å². The van der Waals surface area contributed by atoms with Gasteiger partial charge in [-0.2, -0.15) is 14.2 Å². The van der Waals surface area contributed by atoms with Gasteiger partial charge in [0.05, 0.1) is 18.6 Å². The van der Waals surface area contributed by atoms with Gasteiger partial charge in [0.1, 0.15) is 17.1 Å². The van der Waals surface area contributed by atoms with Crippen molar-refractivity contribution < 1.29 is 32.7 Å². The van der Waals surface area contributed by atoms with E-state index in [0.29, 0.717) is 31.3 Å². The smallest absolute Gasteiger partial charge is 0.425 e. The Morgan fingerprint density at radius 2 is 0.821 bits per heavy atom.